The van der Waals surface area contributed by atoms with Crippen molar-refractivity contribution in [3.05, 3.63) is 24.0 Å². The lowest BCUT2D eigenvalue weighted by atomic mass is 9.76. The minimum Gasteiger partial charge on any atom is -0.369 e. The molecule has 0 aromatic heterocycles. The molecule has 2 unspecified atom stereocenters. The molecule has 16 heavy (non-hydrogen) atoms. The number of nitrogens with two attached hydrogens (primary N) is 1. The smallest absolute Gasteiger partial charge is 0.220 e. The highest BCUT2D eigenvalue weighted by Gasteiger charge is 2.45. The van der Waals surface area contributed by atoms with Crippen molar-refractivity contribution in [2.24, 2.45) is 32.3 Å². The fourth-order valence-electron chi connectivity index (χ4n) is 2.75. The zero-order valence-electron chi connectivity index (χ0n) is 8.76. The van der Waals surface area contributed by atoms with Crippen molar-refractivity contribution in [2.75, 3.05) is 0 Å². The average molecular weight is 216 g/mol. The van der Waals surface area contributed by atoms with Crippen LogP contribution in [-0.2, 0) is 4.79 Å². The van der Waals surface area contributed by atoms with Gasteiger partial charge in [0, 0.05) is 23.1 Å². The molecule has 2 heterocycles. The Morgan fingerprint density at radius 2 is 2.44 bits per heavy atom. The Bertz CT molecular complexity index is 474. The number of carbonyl (C=O) groups excluding carboxylic acids is 1. The van der Waals surface area contributed by atoms with Crippen LogP contribution in [0.1, 0.15) is 19.3 Å². The molecule has 0 saturated heterocycles. The third kappa shape index (κ3) is 1.17. The standard InChI is InChI=1S/C11H12N4O/c12-9(16)7-1-2-11(5-7)3-4-13-10-8(11)6-14-15-10/h3-4,6-7H,1-2,5H2,(H2,12,16). The van der Waals surface area contributed by atoms with Crippen LogP contribution in [0, 0.1) is 11.3 Å². The van der Waals surface area contributed by atoms with Crippen molar-refractivity contribution in [1.82, 2.24) is 0 Å². The number of fused-ring (bicyclic) bond motifs is 2. The summed E-state index contributed by atoms with van der Waals surface area (Å²) in [6.45, 7) is 0. The Labute approximate surface area is 92.8 Å². The molecular weight excluding hydrogens is 204 g/mol. The van der Waals surface area contributed by atoms with Crippen molar-refractivity contribution in [2.45, 2.75) is 19.3 Å². The molecule has 1 aliphatic carbocycles. The van der Waals surface area contributed by atoms with Gasteiger partial charge in [0.2, 0.25) is 5.91 Å². The molecule has 1 spiro atoms. The molecule has 2 atom stereocenters. The van der Waals surface area contributed by atoms with Gasteiger partial charge in [-0.3, -0.25) is 4.79 Å². The first-order valence-corrected chi connectivity index (χ1v) is 5.38. The summed E-state index contributed by atoms with van der Waals surface area (Å²) in [5.41, 5.74) is 6.29. The molecule has 2 aliphatic heterocycles. The molecule has 82 valence electrons. The number of amidine groups is 1. The predicted molar refractivity (Wildman–Crippen MR) is 58.5 cm³/mol. The molecule has 0 radical (unpaired) electrons. The number of azo groups is 1. The van der Waals surface area contributed by atoms with Gasteiger partial charge in [0.05, 0.1) is 6.20 Å². The van der Waals surface area contributed by atoms with Crippen molar-refractivity contribution in [3.8, 4) is 0 Å². The van der Waals surface area contributed by atoms with Crippen LogP contribution in [0.4, 0.5) is 0 Å². The van der Waals surface area contributed by atoms with Gasteiger partial charge in [0.1, 0.15) is 0 Å². The lowest BCUT2D eigenvalue weighted by Crippen LogP contribution is -2.26. The van der Waals surface area contributed by atoms with E-state index in [0.29, 0.717) is 5.84 Å². The fraction of sp³-hybridized carbons (Fsp3) is 0.455. The summed E-state index contributed by atoms with van der Waals surface area (Å²) >= 11 is 0. The topological polar surface area (TPSA) is 80.2 Å². The second-order valence-corrected chi connectivity index (χ2v) is 4.52. The van der Waals surface area contributed by atoms with E-state index in [-0.39, 0.29) is 17.2 Å². The maximum absolute atomic E-state index is 11.2. The Hall–Kier alpha value is -1.78. The van der Waals surface area contributed by atoms with Gasteiger partial charge in [0.25, 0.3) is 0 Å². The average Bonchev–Trinajstić information content (AvgIpc) is 2.86. The monoisotopic (exact) mass is 216 g/mol. The van der Waals surface area contributed by atoms with Gasteiger partial charge < -0.3 is 5.73 Å². The van der Waals surface area contributed by atoms with Crippen LogP contribution in [0.3, 0.4) is 0 Å². The molecule has 0 bridgehead atoms. The maximum Gasteiger partial charge on any atom is 0.220 e. The number of rotatable bonds is 1. The number of allylic oxidation sites excluding steroid dienone is 1. The van der Waals surface area contributed by atoms with E-state index in [9.17, 15) is 4.79 Å². The van der Waals surface area contributed by atoms with Crippen LogP contribution < -0.4 is 5.73 Å². The predicted octanol–water partition coefficient (Wildman–Crippen LogP) is 1.53. The molecule has 2 N–H and O–H groups in total. The molecular formula is C11H12N4O. The third-order valence-corrected chi connectivity index (χ3v) is 3.66. The summed E-state index contributed by atoms with van der Waals surface area (Å²) in [5.74, 6) is 0.444. The highest BCUT2D eigenvalue weighted by atomic mass is 16.1. The summed E-state index contributed by atoms with van der Waals surface area (Å²) in [7, 11) is 0. The lowest BCUT2D eigenvalue weighted by Gasteiger charge is -2.28. The van der Waals surface area contributed by atoms with E-state index < -0.39 is 0 Å². The van der Waals surface area contributed by atoms with Crippen molar-refractivity contribution < 1.29 is 4.79 Å². The number of primary amides is 1. The van der Waals surface area contributed by atoms with Crippen molar-refractivity contribution in [1.29, 1.82) is 0 Å². The van der Waals surface area contributed by atoms with E-state index >= 15 is 0 Å². The van der Waals surface area contributed by atoms with E-state index in [1.165, 1.54) is 0 Å². The van der Waals surface area contributed by atoms with Crippen molar-refractivity contribution in [3.63, 3.8) is 0 Å². The van der Waals surface area contributed by atoms with Gasteiger partial charge in [-0.2, -0.15) is 5.11 Å². The zero-order valence-corrected chi connectivity index (χ0v) is 8.76. The van der Waals surface area contributed by atoms with Crippen LogP contribution in [0.25, 0.3) is 0 Å². The minimum absolute atomic E-state index is 0.0366. The number of carbonyl (C=O) groups is 1. The molecule has 0 aromatic carbocycles. The molecule has 1 amide bonds. The van der Waals surface area contributed by atoms with E-state index in [4.69, 9.17) is 5.73 Å². The summed E-state index contributed by atoms with van der Waals surface area (Å²) in [6.07, 6.45) is 8.10. The number of hydrogen-bond acceptors (Lipinski definition) is 4. The van der Waals surface area contributed by atoms with Crippen molar-refractivity contribution >= 4 is 11.7 Å². The van der Waals surface area contributed by atoms with Crippen LogP contribution >= 0.6 is 0 Å². The number of nitrogens with zero attached hydrogens (tertiary/aromatic N) is 3. The Morgan fingerprint density at radius 1 is 1.56 bits per heavy atom. The van der Waals surface area contributed by atoms with E-state index in [0.717, 1.165) is 24.8 Å². The molecule has 5 nitrogen and oxygen atoms in total. The minimum atomic E-state index is -0.207. The highest BCUT2D eigenvalue weighted by molar-refractivity contribution is 6.02. The van der Waals surface area contributed by atoms with Crippen LogP contribution in [-0.4, -0.2) is 11.7 Å². The third-order valence-electron chi connectivity index (χ3n) is 3.66. The molecule has 1 saturated carbocycles. The van der Waals surface area contributed by atoms with Gasteiger partial charge in [-0.1, -0.05) is 6.08 Å². The SMILES string of the molecule is NC(=O)C1CCC2(C=CN=C3N=NC=C32)C1. The van der Waals surface area contributed by atoms with Gasteiger partial charge >= 0.3 is 0 Å². The Kier molecular flexibility index (Phi) is 1.83. The second kappa shape index (κ2) is 3.10. The van der Waals surface area contributed by atoms with E-state index in [1.54, 1.807) is 12.4 Å². The molecule has 5 heteroatoms. The van der Waals surface area contributed by atoms with Gasteiger partial charge in [-0.05, 0) is 19.3 Å². The quantitative estimate of drug-likeness (QED) is 0.708. The van der Waals surface area contributed by atoms with E-state index in [1.807, 2.05) is 0 Å². The molecule has 0 aromatic rings. The largest absolute Gasteiger partial charge is 0.369 e. The fourth-order valence-corrected chi connectivity index (χ4v) is 2.75. The number of aliphatic imine (C=N–C) groups is 1. The second-order valence-electron chi connectivity index (χ2n) is 4.52. The number of amides is 1. The zero-order chi connectivity index (χ0) is 11.2. The highest BCUT2D eigenvalue weighted by Crippen LogP contribution is 2.50. The summed E-state index contributed by atoms with van der Waals surface area (Å²) in [6, 6.07) is 0. The molecule has 3 rings (SSSR count). The summed E-state index contributed by atoms with van der Waals surface area (Å²) in [5, 5.41) is 7.85. The Morgan fingerprint density at radius 3 is 3.19 bits per heavy atom. The first kappa shape index (κ1) is 9.45. The summed E-state index contributed by atoms with van der Waals surface area (Å²) in [4.78, 5) is 15.4. The van der Waals surface area contributed by atoms with Gasteiger partial charge in [0.15, 0.2) is 5.84 Å². The lowest BCUT2D eigenvalue weighted by molar-refractivity contribution is -0.121. The summed E-state index contributed by atoms with van der Waals surface area (Å²) < 4.78 is 0. The van der Waals surface area contributed by atoms with Crippen LogP contribution in [0.15, 0.2) is 39.3 Å². The number of hydrogen-bond donors (Lipinski definition) is 1. The van der Waals surface area contributed by atoms with Crippen LogP contribution in [0.5, 0.6) is 0 Å². The normalized spacial score (nSPS) is 35.1. The van der Waals surface area contributed by atoms with Crippen LogP contribution in [0.2, 0.25) is 0 Å². The maximum atomic E-state index is 11.2. The van der Waals surface area contributed by atoms with Gasteiger partial charge in [-0.25, -0.2) is 4.99 Å². The van der Waals surface area contributed by atoms with E-state index in [2.05, 4.69) is 21.3 Å². The first-order chi connectivity index (χ1) is 7.71. The first-order valence-electron chi connectivity index (χ1n) is 5.38. The van der Waals surface area contributed by atoms with Gasteiger partial charge in [-0.15, -0.1) is 5.11 Å². The Balaban J connectivity index is 1.94. The molecule has 1 fully saturated rings. The molecule has 3 aliphatic rings.